The molecule has 1 saturated heterocycles. The molecule has 0 aliphatic carbocycles. The van der Waals surface area contributed by atoms with Crippen molar-refractivity contribution >= 4 is 5.95 Å². The number of anilines is 1. The third-order valence-corrected chi connectivity index (χ3v) is 4.57. The monoisotopic (exact) mass is 334 g/mol. The Kier molecular flexibility index (Phi) is 4.70. The maximum atomic E-state index is 4.28. The van der Waals surface area contributed by atoms with E-state index in [1.807, 2.05) is 35.0 Å². The van der Waals surface area contributed by atoms with Crippen molar-refractivity contribution in [3.05, 3.63) is 66.2 Å². The van der Waals surface area contributed by atoms with Crippen LogP contribution in [0, 0.1) is 0 Å². The molecule has 0 N–H and O–H groups in total. The number of rotatable bonds is 4. The highest BCUT2D eigenvalue weighted by atomic mass is 15.6. The van der Waals surface area contributed by atoms with Gasteiger partial charge in [0.05, 0.1) is 5.69 Å². The van der Waals surface area contributed by atoms with Gasteiger partial charge >= 0.3 is 0 Å². The average Bonchev–Trinajstić information content (AvgIpc) is 3.04. The minimum absolute atomic E-state index is 0.827. The molecule has 6 heteroatoms. The Labute approximate surface area is 147 Å². The van der Waals surface area contributed by atoms with Gasteiger partial charge in [0.2, 0.25) is 5.95 Å². The van der Waals surface area contributed by atoms with Gasteiger partial charge in [-0.25, -0.2) is 0 Å². The number of tetrazole rings is 1. The van der Waals surface area contributed by atoms with Gasteiger partial charge in [-0.05, 0) is 34.5 Å². The molecular weight excluding hydrogens is 312 g/mol. The number of hydrogen-bond acceptors (Lipinski definition) is 5. The van der Waals surface area contributed by atoms with E-state index < -0.39 is 0 Å². The van der Waals surface area contributed by atoms with E-state index in [0.717, 1.165) is 50.8 Å². The lowest BCUT2D eigenvalue weighted by atomic mass is 10.2. The predicted octanol–water partition coefficient (Wildman–Crippen LogP) is 2.37. The minimum Gasteiger partial charge on any atom is -0.338 e. The molecule has 128 valence electrons. The molecule has 0 bridgehead atoms. The molecule has 0 spiro atoms. The summed E-state index contributed by atoms with van der Waals surface area (Å²) in [5.74, 6) is 0.827. The zero-order valence-electron chi connectivity index (χ0n) is 14.2. The highest BCUT2D eigenvalue weighted by Gasteiger charge is 2.20. The zero-order chi connectivity index (χ0) is 16.9. The van der Waals surface area contributed by atoms with Crippen LogP contribution in [0.25, 0.3) is 5.69 Å². The van der Waals surface area contributed by atoms with Gasteiger partial charge < -0.3 is 4.90 Å². The molecule has 6 nitrogen and oxygen atoms in total. The Hall–Kier alpha value is -2.73. The maximum absolute atomic E-state index is 4.28. The number of nitrogens with zero attached hydrogens (tertiary/aromatic N) is 6. The Morgan fingerprint density at radius 3 is 2.36 bits per heavy atom. The summed E-state index contributed by atoms with van der Waals surface area (Å²) in [6.45, 7) is 5.01. The van der Waals surface area contributed by atoms with Crippen LogP contribution in [0.2, 0.25) is 0 Å². The fourth-order valence-electron chi connectivity index (χ4n) is 3.29. The highest BCUT2D eigenvalue weighted by molar-refractivity contribution is 5.40. The van der Waals surface area contributed by atoms with Gasteiger partial charge in [-0.15, -0.1) is 0 Å². The molecular formula is C19H22N6. The van der Waals surface area contributed by atoms with E-state index in [2.05, 4.69) is 55.7 Å². The lowest BCUT2D eigenvalue weighted by molar-refractivity contribution is 0.285. The van der Waals surface area contributed by atoms with E-state index in [4.69, 9.17) is 0 Å². The maximum Gasteiger partial charge on any atom is 0.250 e. The van der Waals surface area contributed by atoms with Crippen LogP contribution in [0.3, 0.4) is 0 Å². The SMILES string of the molecule is c1ccc(CN2CCCN(c3nnnn3-c3ccccc3)CC2)cc1. The third kappa shape index (κ3) is 3.69. The zero-order valence-corrected chi connectivity index (χ0v) is 14.2. The van der Waals surface area contributed by atoms with Gasteiger partial charge in [0.15, 0.2) is 0 Å². The molecule has 0 radical (unpaired) electrons. The lowest BCUT2D eigenvalue weighted by Crippen LogP contribution is -2.32. The van der Waals surface area contributed by atoms with Crippen LogP contribution in [0.15, 0.2) is 60.7 Å². The van der Waals surface area contributed by atoms with Crippen LogP contribution in [0.5, 0.6) is 0 Å². The summed E-state index contributed by atoms with van der Waals surface area (Å²) in [7, 11) is 0. The second kappa shape index (κ2) is 7.44. The molecule has 3 aromatic rings. The van der Waals surface area contributed by atoms with E-state index in [0.29, 0.717) is 0 Å². The summed E-state index contributed by atoms with van der Waals surface area (Å²) >= 11 is 0. The number of hydrogen-bond donors (Lipinski definition) is 0. The van der Waals surface area contributed by atoms with Gasteiger partial charge in [0.1, 0.15) is 0 Å². The Balaban J connectivity index is 1.46. The van der Waals surface area contributed by atoms with Crippen molar-refractivity contribution in [1.29, 1.82) is 0 Å². The van der Waals surface area contributed by atoms with Crippen LogP contribution in [-0.2, 0) is 6.54 Å². The molecule has 0 amide bonds. The first kappa shape index (κ1) is 15.8. The summed E-state index contributed by atoms with van der Waals surface area (Å²) in [4.78, 5) is 4.80. The molecule has 1 aromatic heterocycles. The van der Waals surface area contributed by atoms with Crippen LogP contribution in [0.4, 0.5) is 5.95 Å². The van der Waals surface area contributed by atoms with Crippen molar-refractivity contribution in [2.45, 2.75) is 13.0 Å². The van der Waals surface area contributed by atoms with E-state index in [-0.39, 0.29) is 0 Å². The third-order valence-electron chi connectivity index (χ3n) is 4.57. The molecule has 0 atom stereocenters. The van der Waals surface area contributed by atoms with Crippen LogP contribution >= 0.6 is 0 Å². The average molecular weight is 334 g/mol. The minimum atomic E-state index is 0.827. The van der Waals surface area contributed by atoms with Gasteiger partial charge in [-0.3, -0.25) is 4.90 Å². The highest BCUT2D eigenvalue weighted by Crippen LogP contribution is 2.17. The van der Waals surface area contributed by atoms with Gasteiger partial charge in [-0.1, -0.05) is 53.6 Å². The van der Waals surface area contributed by atoms with E-state index in [1.54, 1.807) is 0 Å². The lowest BCUT2D eigenvalue weighted by Gasteiger charge is -2.22. The largest absolute Gasteiger partial charge is 0.338 e. The van der Waals surface area contributed by atoms with Crippen molar-refractivity contribution in [3.63, 3.8) is 0 Å². The fourth-order valence-corrected chi connectivity index (χ4v) is 3.29. The van der Waals surface area contributed by atoms with Crippen molar-refractivity contribution in [1.82, 2.24) is 25.1 Å². The van der Waals surface area contributed by atoms with Crippen molar-refractivity contribution in [2.24, 2.45) is 0 Å². The van der Waals surface area contributed by atoms with Gasteiger partial charge in [0.25, 0.3) is 0 Å². The molecule has 0 saturated carbocycles. The molecule has 1 fully saturated rings. The van der Waals surface area contributed by atoms with E-state index in [1.165, 1.54) is 5.56 Å². The molecule has 1 aliphatic rings. The van der Waals surface area contributed by atoms with E-state index in [9.17, 15) is 0 Å². The van der Waals surface area contributed by atoms with Crippen LogP contribution in [-0.4, -0.2) is 51.3 Å². The normalized spacial score (nSPS) is 15.9. The Morgan fingerprint density at radius 2 is 1.56 bits per heavy atom. The smallest absolute Gasteiger partial charge is 0.250 e. The van der Waals surface area contributed by atoms with Gasteiger partial charge in [0, 0.05) is 32.7 Å². The van der Waals surface area contributed by atoms with Crippen molar-refractivity contribution < 1.29 is 0 Å². The Morgan fingerprint density at radius 1 is 0.800 bits per heavy atom. The summed E-state index contributed by atoms with van der Waals surface area (Å²) in [5.41, 5.74) is 2.36. The van der Waals surface area contributed by atoms with Crippen LogP contribution in [0.1, 0.15) is 12.0 Å². The first-order valence-corrected chi connectivity index (χ1v) is 8.75. The standard InChI is InChI=1S/C19H22N6/c1-3-8-17(9-4-1)16-23-12-7-13-24(15-14-23)19-20-21-22-25(19)18-10-5-2-6-11-18/h1-6,8-11H,7,12-16H2. The molecule has 0 unspecified atom stereocenters. The predicted molar refractivity (Wildman–Crippen MR) is 97.7 cm³/mol. The number of para-hydroxylation sites is 1. The molecule has 2 heterocycles. The first-order valence-electron chi connectivity index (χ1n) is 8.75. The van der Waals surface area contributed by atoms with Crippen LogP contribution < -0.4 is 4.90 Å². The second-order valence-corrected chi connectivity index (χ2v) is 6.33. The molecule has 4 rings (SSSR count). The second-order valence-electron chi connectivity index (χ2n) is 6.33. The number of benzene rings is 2. The van der Waals surface area contributed by atoms with E-state index >= 15 is 0 Å². The Bertz CT molecular complexity index is 786. The summed E-state index contributed by atoms with van der Waals surface area (Å²) in [6, 6.07) is 20.7. The summed E-state index contributed by atoms with van der Waals surface area (Å²) in [6.07, 6.45) is 1.11. The first-order chi connectivity index (χ1) is 12.4. The van der Waals surface area contributed by atoms with Gasteiger partial charge in [-0.2, -0.15) is 4.68 Å². The van der Waals surface area contributed by atoms with Crippen molar-refractivity contribution in [3.8, 4) is 5.69 Å². The summed E-state index contributed by atoms with van der Waals surface area (Å²) < 4.78 is 1.83. The van der Waals surface area contributed by atoms with Crippen molar-refractivity contribution in [2.75, 3.05) is 31.1 Å². The number of aromatic nitrogens is 4. The summed E-state index contributed by atoms with van der Waals surface area (Å²) in [5, 5.41) is 12.4. The molecule has 2 aromatic carbocycles. The molecule has 1 aliphatic heterocycles. The molecule has 25 heavy (non-hydrogen) atoms. The topological polar surface area (TPSA) is 50.1 Å². The quantitative estimate of drug-likeness (QED) is 0.733. The fraction of sp³-hybridized carbons (Fsp3) is 0.316.